The largest absolute Gasteiger partial charge is 0.456 e. The molecule has 64 heavy (non-hydrogen) atoms. The van der Waals surface area contributed by atoms with E-state index in [-0.39, 0.29) is 21.7 Å². The van der Waals surface area contributed by atoms with Crippen molar-refractivity contribution in [2.75, 3.05) is 5.32 Å². The lowest BCUT2D eigenvalue weighted by molar-refractivity contribution is 0.332. The number of aromatic nitrogens is 1. The van der Waals surface area contributed by atoms with E-state index in [9.17, 15) is 0 Å². The maximum absolute atomic E-state index is 6.55. The highest BCUT2D eigenvalue weighted by Crippen LogP contribution is 2.51. The lowest BCUT2D eigenvalue weighted by Crippen LogP contribution is -2.38. The average Bonchev–Trinajstić information content (AvgIpc) is 3.91. The number of fused-ring (bicyclic) bond motifs is 12. The molecule has 4 heterocycles. The van der Waals surface area contributed by atoms with Crippen LogP contribution in [0.25, 0.3) is 80.7 Å². The van der Waals surface area contributed by atoms with Crippen LogP contribution < -0.4 is 16.2 Å². The quantitative estimate of drug-likeness (QED) is 0.180. The van der Waals surface area contributed by atoms with E-state index in [4.69, 9.17) is 4.42 Å². The van der Waals surface area contributed by atoms with E-state index >= 15 is 0 Å². The summed E-state index contributed by atoms with van der Waals surface area (Å²) in [5.74, 6) is 0. The normalized spacial score (nSPS) is 15.7. The van der Waals surface area contributed by atoms with Crippen molar-refractivity contribution in [3.63, 3.8) is 0 Å². The van der Waals surface area contributed by atoms with Gasteiger partial charge in [0, 0.05) is 69.9 Å². The molecule has 0 bridgehead atoms. The summed E-state index contributed by atoms with van der Waals surface area (Å²) in [5.41, 5.74) is 20.0. The molecule has 3 aromatic heterocycles. The molecule has 7 aromatic carbocycles. The van der Waals surface area contributed by atoms with Gasteiger partial charge in [0.15, 0.2) is 7.28 Å². The van der Waals surface area contributed by atoms with Gasteiger partial charge in [0.25, 0.3) is 0 Å². The predicted molar refractivity (Wildman–Crippen MR) is 279 cm³/mol. The minimum atomic E-state index is 0.00465. The summed E-state index contributed by atoms with van der Waals surface area (Å²) in [5, 5.41) is 11.5. The van der Waals surface area contributed by atoms with Crippen LogP contribution in [-0.2, 0) is 21.7 Å². The molecule has 10 aromatic rings. The first-order valence-electron chi connectivity index (χ1n) is 23.2. The maximum atomic E-state index is 6.55. The zero-order valence-corrected chi connectivity index (χ0v) is 40.0. The Morgan fingerprint density at radius 2 is 1.30 bits per heavy atom. The summed E-state index contributed by atoms with van der Waals surface area (Å²) in [7, 11) is 2.48. The number of anilines is 2. The Balaban J connectivity index is 1.16. The molecule has 0 amide bonds. The lowest BCUT2D eigenvalue weighted by Gasteiger charge is -2.41. The predicted octanol–water partition coefficient (Wildman–Crippen LogP) is 15.7. The summed E-state index contributed by atoms with van der Waals surface area (Å²) in [6.45, 7) is 25.9. The number of hydrogen-bond donors (Lipinski definition) is 1. The van der Waals surface area contributed by atoms with Gasteiger partial charge >= 0.3 is 0 Å². The van der Waals surface area contributed by atoms with Gasteiger partial charge in [-0.2, -0.15) is 0 Å². The van der Waals surface area contributed by atoms with Crippen LogP contribution in [0.3, 0.4) is 0 Å². The summed E-state index contributed by atoms with van der Waals surface area (Å²) < 4.78 is 11.8. The molecule has 3 nitrogen and oxygen atoms in total. The number of rotatable bonds is 3. The minimum Gasteiger partial charge on any atom is -0.456 e. The van der Waals surface area contributed by atoms with Crippen molar-refractivity contribution < 1.29 is 4.42 Å². The number of hydrogen-bond acceptors (Lipinski definition) is 3. The topological polar surface area (TPSA) is 30.1 Å². The Morgan fingerprint density at radius 3 is 2.03 bits per heavy atom. The minimum absolute atomic E-state index is 0.00465. The molecule has 1 aliphatic heterocycles. The first-order chi connectivity index (χ1) is 30.3. The molecule has 0 spiro atoms. The molecule has 2 aliphatic rings. The van der Waals surface area contributed by atoms with Crippen LogP contribution in [-0.4, -0.2) is 11.8 Å². The SMILES string of the molecule is Cc1cc(-c2cc3sc4cc5c(cc4c3cc2Nc2ccc(C(C)(C)C)cc2)C(C)(C)CCC5(C)C)c2c3c1c1cc4oc5ccccc5c4cc1n3-c1ccc(C(C)(C)C)cc1[B]2. The number of aryl methyl sites for hydroxylation is 1. The molecule has 0 fully saturated rings. The van der Waals surface area contributed by atoms with Crippen LogP contribution in [0.2, 0.25) is 0 Å². The summed E-state index contributed by atoms with van der Waals surface area (Å²) in [6, 6.07) is 41.8. The number of para-hydroxylation sites is 1. The van der Waals surface area contributed by atoms with E-state index in [2.05, 4.69) is 203 Å². The van der Waals surface area contributed by atoms with Crippen LogP contribution >= 0.6 is 11.3 Å². The molecule has 5 heteroatoms. The van der Waals surface area contributed by atoms with E-state index < -0.39 is 0 Å². The Kier molecular flexibility index (Phi) is 8.18. The van der Waals surface area contributed by atoms with Crippen molar-refractivity contribution in [2.45, 2.75) is 111 Å². The fraction of sp³-hybridized carbons (Fsp3) is 0.288. The van der Waals surface area contributed by atoms with Crippen molar-refractivity contribution in [2.24, 2.45) is 0 Å². The number of thiophene rings is 1. The molecular formula is C59H56BN2OS. The highest BCUT2D eigenvalue weighted by molar-refractivity contribution is 7.25. The molecule has 1 aliphatic carbocycles. The van der Waals surface area contributed by atoms with E-state index in [1.807, 2.05) is 11.3 Å². The van der Waals surface area contributed by atoms with Gasteiger partial charge in [0.05, 0.1) is 5.52 Å². The second-order valence-corrected chi connectivity index (χ2v) is 23.5. The zero-order chi connectivity index (χ0) is 44.4. The fourth-order valence-corrected chi connectivity index (χ4v) is 12.3. The van der Waals surface area contributed by atoms with Crippen molar-refractivity contribution in [1.29, 1.82) is 0 Å². The van der Waals surface area contributed by atoms with Gasteiger partial charge in [-0.05, 0) is 141 Å². The molecule has 1 radical (unpaired) electrons. The highest BCUT2D eigenvalue weighted by atomic mass is 32.1. The second kappa shape index (κ2) is 13.2. The van der Waals surface area contributed by atoms with Gasteiger partial charge in [-0.15, -0.1) is 11.3 Å². The average molecular weight is 852 g/mol. The van der Waals surface area contributed by atoms with Crippen molar-refractivity contribution in [3.05, 3.63) is 137 Å². The van der Waals surface area contributed by atoms with E-state index in [1.165, 1.54) is 110 Å². The lowest BCUT2D eigenvalue weighted by atomic mass is 9.58. The Morgan fingerprint density at radius 1 is 0.625 bits per heavy atom. The number of benzene rings is 7. The summed E-state index contributed by atoms with van der Waals surface area (Å²) >= 11 is 1.95. The van der Waals surface area contributed by atoms with Crippen LogP contribution in [0.5, 0.6) is 0 Å². The zero-order valence-electron chi connectivity index (χ0n) is 39.1. The molecule has 0 unspecified atom stereocenters. The summed E-state index contributed by atoms with van der Waals surface area (Å²) in [6.07, 6.45) is 2.40. The van der Waals surface area contributed by atoms with E-state index in [0.29, 0.717) is 0 Å². The Hall–Kier alpha value is -5.78. The molecule has 1 N–H and O–H groups in total. The van der Waals surface area contributed by atoms with Gasteiger partial charge in [-0.1, -0.05) is 123 Å². The molecule has 0 atom stereocenters. The van der Waals surface area contributed by atoms with E-state index in [1.54, 1.807) is 0 Å². The molecular weight excluding hydrogens is 796 g/mol. The van der Waals surface area contributed by atoms with Gasteiger partial charge in [-0.25, -0.2) is 0 Å². The van der Waals surface area contributed by atoms with Crippen LogP contribution in [0, 0.1) is 6.92 Å². The van der Waals surface area contributed by atoms with Crippen molar-refractivity contribution in [1.82, 2.24) is 4.57 Å². The van der Waals surface area contributed by atoms with Crippen LogP contribution in [0.1, 0.15) is 110 Å². The third-order valence-corrected chi connectivity index (χ3v) is 16.2. The van der Waals surface area contributed by atoms with E-state index in [0.717, 1.165) is 33.3 Å². The molecule has 0 saturated carbocycles. The molecule has 317 valence electrons. The highest BCUT2D eigenvalue weighted by Gasteiger charge is 2.38. The van der Waals surface area contributed by atoms with Crippen molar-refractivity contribution in [3.8, 4) is 16.8 Å². The van der Waals surface area contributed by atoms with Gasteiger partial charge in [-0.3, -0.25) is 0 Å². The Labute approximate surface area is 381 Å². The number of furan rings is 1. The van der Waals surface area contributed by atoms with Gasteiger partial charge < -0.3 is 14.3 Å². The first kappa shape index (κ1) is 39.8. The van der Waals surface area contributed by atoms with Gasteiger partial charge in [0.1, 0.15) is 11.2 Å². The third-order valence-electron chi connectivity index (χ3n) is 15.1. The smallest absolute Gasteiger partial charge is 0.197 e. The second-order valence-electron chi connectivity index (χ2n) is 22.5. The monoisotopic (exact) mass is 851 g/mol. The molecule has 12 rings (SSSR count). The number of nitrogens with zero attached hydrogens (tertiary/aromatic N) is 1. The first-order valence-corrected chi connectivity index (χ1v) is 24.0. The van der Waals surface area contributed by atoms with Crippen molar-refractivity contribution >= 4 is 105 Å². The third kappa shape index (κ3) is 5.85. The Bertz CT molecular complexity index is 3630. The van der Waals surface area contributed by atoms with Crippen LogP contribution in [0.15, 0.2) is 114 Å². The standard InChI is InChI=1S/C59H56BN2OS/c1-32-24-41(54-55-53(32)42-29-50-38(36-14-12-13-15-49(36)63-50)28-48(42)62(55)47-21-18-34(57(5,6)7)25-45(47)60-54)37-30-51-40(27-46(37)61-35-19-16-33(17-20-35)56(2,3)4)39-26-43-44(31-52(39)64-51)59(10,11)23-22-58(43,8)9/h12-21,24-31,61H,22-23H2,1-11H3. The fourth-order valence-electron chi connectivity index (χ4n) is 11.2. The van der Waals surface area contributed by atoms with Crippen LogP contribution in [0.4, 0.5) is 11.4 Å². The number of nitrogens with one attached hydrogen (secondary N) is 1. The summed E-state index contributed by atoms with van der Waals surface area (Å²) in [4.78, 5) is 0. The van der Waals surface area contributed by atoms with Gasteiger partial charge in [0.2, 0.25) is 0 Å². The maximum Gasteiger partial charge on any atom is 0.197 e. The molecule has 0 saturated heterocycles.